The number of ether oxygens (including phenoxy) is 1. The SMILES string of the molecule is Cc1ccc(OCCCCNC(=O)c2cccc(CN3CCCC3)c2)cc1. The maximum absolute atomic E-state index is 12.4. The highest BCUT2D eigenvalue weighted by molar-refractivity contribution is 5.94. The first-order valence-corrected chi connectivity index (χ1v) is 10.00. The molecule has 0 bridgehead atoms. The van der Waals surface area contributed by atoms with E-state index in [1.807, 2.05) is 42.5 Å². The molecule has 2 aromatic rings. The number of rotatable bonds is 9. The Balaban J connectivity index is 1.34. The maximum atomic E-state index is 12.4. The average molecular weight is 367 g/mol. The molecule has 2 aromatic carbocycles. The number of unbranched alkanes of at least 4 members (excludes halogenated alkanes) is 1. The number of nitrogens with zero attached hydrogens (tertiary/aromatic N) is 1. The number of carbonyl (C=O) groups is 1. The van der Waals surface area contributed by atoms with Gasteiger partial charge in [-0.25, -0.2) is 0 Å². The molecule has 1 heterocycles. The molecule has 0 unspecified atom stereocenters. The minimum atomic E-state index is 0.0118. The monoisotopic (exact) mass is 366 g/mol. The van der Waals surface area contributed by atoms with Crippen LogP contribution < -0.4 is 10.1 Å². The van der Waals surface area contributed by atoms with Gasteiger partial charge in [-0.1, -0.05) is 29.8 Å². The smallest absolute Gasteiger partial charge is 0.251 e. The minimum absolute atomic E-state index is 0.0118. The Morgan fingerprint density at radius 2 is 1.85 bits per heavy atom. The van der Waals surface area contributed by atoms with E-state index in [0.717, 1.165) is 30.7 Å². The molecule has 0 aliphatic carbocycles. The fraction of sp³-hybridized carbons (Fsp3) is 0.435. The molecule has 1 aliphatic heterocycles. The molecule has 0 aromatic heterocycles. The van der Waals surface area contributed by atoms with E-state index in [1.54, 1.807) is 0 Å². The van der Waals surface area contributed by atoms with Gasteiger partial charge in [-0.05, 0) is 75.5 Å². The van der Waals surface area contributed by atoms with Crippen molar-refractivity contribution >= 4 is 5.91 Å². The van der Waals surface area contributed by atoms with Crippen molar-refractivity contribution in [3.8, 4) is 5.75 Å². The van der Waals surface area contributed by atoms with Gasteiger partial charge in [-0.3, -0.25) is 9.69 Å². The molecule has 4 heteroatoms. The zero-order chi connectivity index (χ0) is 18.9. The number of likely N-dealkylation sites (tertiary alicyclic amines) is 1. The Kier molecular flexibility index (Phi) is 7.28. The molecule has 1 aliphatic rings. The topological polar surface area (TPSA) is 41.6 Å². The molecule has 0 spiro atoms. The molecular formula is C23H30N2O2. The van der Waals surface area contributed by atoms with Crippen LogP contribution in [0.3, 0.4) is 0 Å². The number of amides is 1. The lowest BCUT2D eigenvalue weighted by Crippen LogP contribution is -2.25. The molecule has 3 rings (SSSR count). The molecule has 1 saturated heterocycles. The Hall–Kier alpha value is -2.33. The lowest BCUT2D eigenvalue weighted by atomic mass is 10.1. The van der Waals surface area contributed by atoms with Crippen LogP contribution in [0.5, 0.6) is 5.75 Å². The second-order valence-corrected chi connectivity index (χ2v) is 7.31. The van der Waals surface area contributed by atoms with Gasteiger partial charge in [-0.2, -0.15) is 0 Å². The van der Waals surface area contributed by atoms with E-state index < -0.39 is 0 Å². The summed E-state index contributed by atoms with van der Waals surface area (Å²) in [7, 11) is 0. The number of hydrogen-bond donors (Lipinski definition) is 1. The zero-order valence-corrected chi connectivity index (χ0v) is 16.2. The number of benzene rings is 2. The highest BCUT2D eigenvalue weighted by Crippen LogP contribution is 2.14. The summed E-state index contributed by atoms with van der Waals surface area (Å²) in [5, 5.41) is 3.02. The van der Waals surface area contributed by atoms with Crippen molar-refractivity contribution < 1.29 is 9.53 Å². The molecule has 0 atom stereocenters. The minimum Gasteiger partial charge on any atom is -0.494 e. The van der Waals surface area contributed by atoms with Crippen LogP contribution in [0.25, 0.3) is 0 Å². The van der Waals surface area contributed by atoms with Crippen molar-refractivity contribution in [2.75, 3.05) is 26.2 Å². The molecule has 27 heavy (non-hydrogen) atoms. The predicted molar refractivity (Wildman–Crippen MR) is 109 cm³/mol. The number of aryl methyl sites for hydroxylation is 1. The van der Waals surface area contributed by atoms with Gasteiger partial charge < -0.3 is 10.1 Å². The average Bonchev–Trinajstić information content (AvgIpc) is 3.19. The summed E-state index contributed by atoms with van der Waals surface area (Å²) in [6.45, 7) is 6.69. The van der Waals surface area contributed by atoms with Gasteiger partial charge in [0.15, 0.2) is 0 Å². The van der Waals surface area contributed by atoms with Gasteiger partial charge in [0.05, 0.1) is 6.61 Å². The van der Waals surface area contributed by atoms with Crippen molar-refractivity contribution in [2.24, 2.45) is 0 Å². The third-order valence-corrected chi connectivity index (χ3v) is 4.94. The van der Waals surface area contributed by atoms with Gasteiger partial charge in [0, 0.05) is 18.7 Å². The normalized spacial score (nSPS) is 14.3. The van der Waals surface area contributed by atoms with Gasteiger partial charge in [0.2, 0.25) is 0 Å². The number of hydrogen-bond acceptors (Lipinski definition) is 3. The fourth-order valence-electron chi connectivity index (χ4n) is 3.37. The summed E-state index contributed by atoms with van der Waals surface area (Å²) in [4.78, 5) is 14.8. The van der Waals surface area contributed by atoms with Crippen LogP contribution in [0, 0.1) is 6.92 Å². The fourth-order valence-corrected chi connectivity index (χ4v) is 3.37. The Bertz CT molecular complexity index is 721. The van der Waals surface area contributed by atoms with Crippen molar-refractivity contribution in [1.29, 1.82) is 0 Å². The summed E-state index contributed by atoms with van der Waals surface area (Å²) >= 11 is 0. The summed E-state index contributed by atoms with van der Waals surface area (Å²) in [6.07, 6.45) is 4.40. The molecule has 1 amide bonds. The number of nitrogens with one attached hydrogen (secondary N) is 1. The summed E-state index contributed by atoms with van der Waals surface area (Å²) in [5.74, 6) is 0.914. The van der Waals surface area contributed by atoms with E-state index in [9.17, 15) is 4.79 Å². The van der Waals surface area contributed by atoms with Crippen LogP contribution in [0.15, 0.2) is 48.5 Å². The highest BCUT2D eigenvalue weighted by atomic mass is 16.5. The third-order valence-electron chi connectivity index (χ3n) is 4.94. The second kappa shape index (κ2) is 10.1. The van der Waals surface area contributed by atoms with Crippen LogP contribution in [0.2, 0.25) is 0 Å². The zero-order valence-electron chi connectivity index (χ0n) is 16.2. The molecule has 4 nitrogen and oxygen atoms in total. The quantitative estimate of drug-likeness (QED) is 0.677. The molecular weight excluding hydrogens is 336 g/mol. The van der Waals surface area contributed by atoms with Crippen molar-refractivity contribution in [3.63, 3.8) is 0 Å². The van der Waals surface area contributed by atoms with Gasteiger partial charge in [-0.15, -0.1) is 0 Å². The van der Waals surface area contributed by atoms with Crippen LogP contribution >= 0.6 is 0 Å². The van der Waals surface area contributed by atoms with Gasteiger partial charge in [0.1, 0.15) is 5.75 Å². The van der Waals surface area contributed by atoms with E-state index in [2.05, 4.69) is 23.2 Å². The van der Waals surface area contributed by atoms with E-state index in [0.29, 0.717) is 13.2 Å². The van der Waals surface area contributed by atoms with Crippen LogP contribution in [-0.2, 0) is 6.54 Å². The van der Waals surface area contributed by atoms with E-state index in [4.69, 9.17) is 4.74 Å². The van der Waals surface area contributed by atoms with E-state index in [1.165, 1.54) is 37.1 Å². The Morgan fingerprint density at radius 3 is 2.63 bits per heavy atom. The molecule has 1 fully saturated rings. The van der Waals surface area contributed by atoms with Crippen molar-refractivity contribution in [2.45, 2.75) is 39.2 Å². The predicted octanol–water partition coefficient (Wildman–Crippen LogP) is 4.18. The molecule has 0 saturated carbocycles. The maximum Gasteiger partial charge on any atom is 0.251 e. The lowest BCUT2D eigenvalue weighted by Gasteiger charge is -2.15. The van der Waals surface area contributed by atoms with Gasteiger partial charge >= 0.3 is 0 Å². The molecule has 0 radical (unpaired) electrons. The summed E-state index contributed by atoms with van der Waals surface area (Å²) in [5.41, 5.74) is 3.20. The van der Waals surface area contributed by atoms with Gasteiger partial charge in [0.25, 0.3) is 5.91 Å². The Morgan fingerprint density at radius 1 is 1.07 bits per heavy atom. The summed E-state index contributed by atoms with van der Waals surface area (Å²) in [6, 6.07) is 16.1. The first-order chi connectivity index (χ1) is 13.2. The highest BCUT2D eigenvalue weighted by Gasteiger charge is 2.12. The van der Waals surface area contributed by atoms with Crippen LogP contribution in [0.1, 0.15) is 47.2 Å². The first kappa shape index (κ1) is 19.4. The van der Waals surface area contributed by atoms with E-state index >= 15 is 0 Å². The second-order valence-electron chi connectivity index (χ2n) is 7.31. The first-order valence-electron chi connectivity index (χ1n) is 10.00. The largest absolute Gasteiger partial charge is 0.494 e. The van der Waals surface area contributed by atoms with Crippen LogP contribution in [0.4, 0.5) is 0 Å². The Labute approximate surface area is 162 Å². The van der Waals surface area contributed by atoms with E-state index in [-0.39, 0.29) is 5.91 Å². The molecule has 1 N–H and O–H groups in total. The van der Waals surface area contributed by atoms with Crippen LogP contribution in [-0.4, -0.2) is 37.0 Å². The lowest BCUT2D eigenvalue weighted by molar-refractivity contribution is 0.0952. The standard InChI is InChI=1S/C23H30N2O2/c1-19-9-11-22(12-10-19)27-16-5-2-13-24-23(26)21-8-6-7-20(17-21)18-25-14-3-4-15-25/h6-12,17H,2-5,13-16,18H2,1H3,(H,24,26). The van der Waals surface area contributed by atoms with Crippen molar-refractivity contribution in [3.05, 3.63) is 65.2 Å². The third kappa shape index (κ3) is 6.40. The van der Waals surface area contributed by atoms with Crippen molar-refractivity contribution in [1.82, 2.24) is 10.2 Å². The summed E-state index contributed by atoms with van der Waals surface area (Å²) < 4.78 is 5.71. The number of carbonyl (C=O) groups excluding carboxylic acids is 1. The molecule has 144 valence electrons.